The van der Waals surface area contributed by atoms with Gasteiger partial charge in [-0.1, -0.05) is 25.5 Å². The summed E-state index contributed by atoms with van der Waals surface area (Å²) in [6.45, 7) is 2.39. The molecule has 0 aromatic heterocycles. The first kappa shape index (κ1) is 18.3. The number of carbonyl (C=O) groups is 1. The highest BCUT2D eigenvalue weighted by Crippen LogP contribution is 2.21. The van der Waals surface area contributed by atoms with E-state index < -0.39 is 18.8 Å². The van der Waals surface area contributed by atoms with E-state index in [-0.39, 0.29) is 17.7 Å². The molecular formula is C15H21F3N2O2. The molecule has 2 unspecified atom stereocenters. The number of rotatable bonds is 7. The van der Waals surface area contributed by atoms with Crippen molar-refractivity contribution in [3.63, 3.8) is 0 Å². The second-order valence-electron chi connectivity index (χ2n) is 5.10. The van der Waals surface area contributed by atoms with Gasteiger partial charge in [0.15, 0.2) is 6.61 Å². The predicted molar refractivity (Wildman–Crippen MR) is 77.4 cm³/mol. The van der Waals surface area contributed by atoms with Gasteiger partial charge < -0.3 is 15.8 Å². The summed E-state index contributed by atoms with van der Waals surface area (Å²) in [5, 5.41) is 2.77. The maximum absolute atomic E-state index is 12.0. The topological polar surface area (TPSA) is 64.4 Å². The molecule has 0 aliphatic carbocycles. The Labute approximate surface area is 127 Å². The zero-order chi connectivity index (χ0) is 16.8. The van der Waals surface area contributed by atoms with Crippen LogP contribution < -0.4 is 15.8 Å². The molecule has 3 N–H and O–H groups in total. The Balaban J connectivity index is 2.56. The van der Waals surface area contributed by atoms with Crippen molar-refractivity contribution < 1.29 is 22.7 Å². The number of nitrogens with two attached hydrogens (primary N) is 1. The van der Waals surface area contributed by atoms with E-state index in [2.05, 4.69) is 10.1 Å². The van der Waals surface area contributed by atoms with Gasteiger partial charge in [0.2, 0.25) is 5.91 Å². The zero-order valence-corrected chi connectivity index (χ0v) is 12.6. The minimum atomic E-state index is -4.37. The summed E-state index contributed by atoms with van der Waals surface area (Å²) in [5.74, 6) is -0.117. The second kappa shape index (κ2) is 8.03. The SMILES string of the molecule is CCCC(N)C(=O)NC(C)c1ccc(OCC(F)(F)F)cc1. The van der Waals surface area contributed by atoms with Gasteiger partial charge in [-0.25, -0.2) is 0 Å². The monoisotopic (exact) mass is 318 g/mol. The maximum atomic E-state index is 12.0. The molecule has 7 heteroatoms. The van der Waals surface area contributed by atoms with Crippen LogP contribution in [-0.2, 0) is 4.79 Å². The Kier molecular flexibility index (Phi) is 6.67. The van der Waals surface area contributed by atoms with Gasteiger partial charge >= 0.3 is 6.18 Å². The highest BCUT2D eigenvalue weighted by molar-refractivity contribution is 5.81. The van der Waals surface area contributed by atoms with Crippen molar-refractivity contribution in [1.82, 2.24) is 5.32 Å². The fourth-order valence-corrected chi connectivity index (χ4v) is 1.86. The quantitative estimate of drug-likeness (QED) is 0.812. The van der Waals surface area contributed by atoms with Crippen LogP contribution >= 0.6 is 0 Å². The maximum Gasteiger partial charge on any atom is 0.422 e. The first-order valence-electron chi connectivity index (χ1n) is 7.08. The lowest BCUT2D eigenvalue weighted by atomic mass is 10.1. The van der Waals surface area contributed by atoms with Gasteiger partial charge in [0, 0.05) is 0 Å². The van der Waals surface area contributed by atoms with Gasteiger partial charge in [-0.3, -0.25) is 4.79 Å². The number of hydrogen-bond donors (Lipinski definition) is 2. The average Bonchev–Trinajstić information content (AvgIpc) is 2.45. The van der Waals surface area contributed by atoms with Crippen LogP contribution in [0.5, 0.6) is 5.75 Å². The van der Waals surface area contributed by atoms with E-state index in [1.54, 1.807) is 19.1 Å². The fourth-order valence-electron chi connectivity index (χ4n) is 1.86. The minimum Gasteiger partial charge on any atom is -0.484 e. The molecule has 2 atom stereocenters. The first-order valence-corrected chi connectivity index (χ1v) is 7.08. The van der Waals surface area contributed by atoms with E-state index in [9.17, 15) is 18.0 Å². The molecule has 0 fully saturated rings. The molecule has 1 aromatic carbocycles. The van der Waals surface area contributed by atoms with E-state index in [1.807, 2.05) is 6.92 Å². The van der Waals surface area contributed by atoms with Crippen LogP contribution in [0, 0.1) is 0 Å². The predicted octanol–water partition coefficient (Wildman–Crippen LogP) is 2.93. The van der Waals surface area contributed by atoms with Crippen molar-refractivity contribution in [2.45, 2.75) is 44.9 Å². The highest BCUT2D eigenvalue weighted by Gasteiger charge is 2.28. The smallest absolute Gasteiger partial charge is 0.422 e. The number of hydrogen-bond acceptors (Lipinski definition) is 3. The molecule has 0 bridgehead atoms. The molecule has 0 radical (unpaired) electrons. The molecule has 1 rings (SSSR count). The van der Waals surface area contributed by atoms with Crippen molar-refractivity contribution in [3.8, 4) is 5.75 Å². The minimum absolute atomic E-state index is 0.127. The van der Waals surface area contributed by atoms with Gasteiger partial charge in [0.25, 0.3) is 0 Å². The first-order chi connectivity index (χ1) is 10.2. The van der Waals surface area contributed by atoms with E-state index in [1.165, 1.54) is 12.1 Å². The zero-order valence-electron chi connectivity index (χ0n) is 12.6. The molecule has 0 heterocycles. The summed E-state index contributed by atoms with van der Waals surface area (Å²) in [6, 6.07) is 5.27. The van der Waals surface area contributed by atoms with Gasteiger partial charge in [-0.05, 0) is 31.0 Å². The van der Waals surface area contributed by atoms with E-state index in [0.29, 0.717) is 6.42 Å². The lowest BCUT2D eigenvalue weighted by Crippen LogP contribution is -2.41. The Morgan fingerprint density at radius 1 is 1.32 bits per heavy atom. The van der Waals surface area contributed by atoms with E-state index >= 15 is 0 Å². The number of amides is 1. The molecule has 1 amide bonds. The molecule has 0 saturated carbocycles. The van der Waals surface area contributed by atoms with Crippen LogP contribution in [0.3, 0.4) is 0 Å². The van der Waals surface area contributed by atoms with Crippen LogP contribution in [0.15, 0.2) is 24.3 Å². The standard InChI is InChI=1S/C15H21F3N2O2/c1-3-4-13(19)14(21)20-10(2)11-5-7-12(8-6-11)22-9-15(16,17)18/h5-8,10,13H,3-4,9,19H2,1-2H3,(H,20,21). The Bertz CT molecular complexity index is 475. The van der Waals surface area contributed by atoms with Crippen molar-refractivity contribution in [2.24, 2.45) is 5.73 Å². The second-order valence-corrected chi connectivity index (χ2v) is 5.10. The summed E-state index contributed by atoms with van der Waals surface area (Å²) in [6.07, 6.45) is -2.95. The summed E-state index contributed by atoms with van der Waals surface area (Å²) >= 11 is 0. The molecule has 1 aromatic rings. The molecule has 4 nitrogen and oxygen atoms in total. The van der Waals surface area contributed by atoms with Crippen molar-refractivity contribution in [1.29, 1.82) is 0 Å². The largest absolute Gasteiger partial charge is 0.484 e. The van der Waals surface area contributed by atoms with Crippen molar-refractivity contribution in [3.05, 3.63) is 29.8 Å². The lowest BCUT2D eigenvalue weighted by molar-refractivity contribution is -0.153. The van der Waals surface area contributed by atoms with Crippen LogP contribution in [0.25, 0.3) is 0 Å². The normalized spacial score (nSPS) is 14.3. The number of carbonyl (C=O) groups excluding carboxylic acids is 1. The van der Waals surface area contributed by atoms with Crippen LogP contribution in [-0.4, -0.2) is 24.7 Å². The Morgan fingerprint density at radius 3 is 2.41 bits per heavy atom. The number of benzene rings is 1. The number of alkyl halides is 3. The van der Waals surface area contributed by atoms with Gasteiger partial charge in [-0.2, -0.15) is 13.2 Å². The number of ether oxygens (including phenoxy) is 1. The molecule has 0 aliphatic heterocycles. The highest BCUT2D eigenvalue weighted by atomic mass is 19.4. The number of halogens is 3. The fraction of sp³-hybridized carbons (Fsp3) is 0.533. The molecule has 22 heavy (non-hydrogen) atoms. The van der Waals surface area contributed by atoms with E-state index in [0.717, 1.165) is 12.0 Å². The molecule has 0 spiro atoms. The molecular weight excluding hydrogens is 297 g/mol. The average molecular weight is 318 g/mol. The van der Waals surface area contributed by atoms with E-state index in [4.69, 9.17) is 5.73 Å². The summed E-state index contributed by atoms with van der Waals surface area (Å²) in [7, 11) is 0. The van der Waals surface area contributed by atoms with Crippen LogP contribution in [0.4, 0.5) is 13.2 Å². The van der Waals surface area contributed by atoms with Gasteiger partial charge in [0.1, 0.15) is 5.75 Å². The number of nitrogens with one attached hydrogen (secondary N) is 1. The molecule has 124 valence electrons. The van der Waals surface area contributed by atoms with Crippen molar-refractivity contribution in [2.75, 3.05) is 6.61 Å². The Hall–Kier alpha value is -1.76. The van der Waals surface area contributed by atoms with Crippen LogP contribution in [0.2, 0.25) is 0 Å². The summed E-state index contributed by atoms with van der Waals surface area (Å²) < 4.78 is 40.8. The summed E-state index contributed by atoms with van der Waals surface area (Å²) in [5.41, 5.74) is 6.48. The van der Waals surface area contributed by atoms with Crippen molar-refractivity contribution >= 4 is 5.91 Å². The summed E-state index contributed by atoms with van der Waals surface area (Å²) in [4.78, 5) is 11.8. The molecule has 0 aliphatic rings. The van der Waals surface area contributed by atoms with Gasteiger partial charge in [-0.15, -0.1) is 0 Å². The third kappa shape index (κ3) is 6.34. The molecule has 0 saturated heterocycles. The third-order valence-electron chi connectivity index (χ3n) is 3.08. The lowest BCUT2D eigenvalue weighted by Gasteiger charge is -2.18. The third-order valence-corrected chi connectivity index (χ3v) is 3.08. The van der Waals surface area contributed by atoms with Crippen LogP contribution in [0.1, 0.15) is 38.3 Å². The van der Waals surface area contributed by atoms with Gasteiger partial charge in [0.05, 0.1) is 12.1 Å². The Morgan fingerprint density at radius 2 is 1.91 bits per heavy atom.